The Balaban J connectivity index is 0.000000633. The van der Waals surface area contributed by atoms with Gasteiger partial charge in [-0.05, 0) is 19.3 Å². The van der Waals surface area contributed by atoms with E-state index in [9.17, 15) is 43.2 Å². The monoisotopic (exact) mass is 556 g/mol. The quantitative estimate of drug-likeness (QED) is 0.257. The van der Waals surface area contributed by atoms with Crippen molar-refractivity contribution in [2.75, 3.05) is 41.1 Å². The smallest absolute Gasteiger partial charge is 0.421 e. The molecule has 0 amide bonds. The highest BCUT2D eigenvalue weighted by atomic mass is 32.3. The van der Waals surface area contributed by atoms with Crippen LogP contribution in [-0.2, 0) is 33.3 Å². The molecule has 0 bridgehead atoms. The van der Waals surface area contributed by atoms with Crippen LogP contribution in [0.15, 0.2) is 0 Å². The number of hydrogen-bond acceptors (Lipinski definition) is 7. The minimum atomic E-state index is -6.72. The van der Waals surface area contributed by atoms with Crippen molar-refractivity contribution < 1.29 is 60.9 Å². The summed E-state index contributed by atoms with van der Waals surface area (Å²) in [6.45, 7) is 5.85. The van der Waals surface area contributed by atoms with E-state index in [1.807, 2.05) is 0 Å². The summed E-state index contributed by atoms with van der Waals surface area (Å²) in [4.78, 5) is 0. The summed E-state index contributed by atoms with van der Waals surface area (Å²) in [6, 6.07) is 0.686. The van der Waals surface area contributed by atoms with Crippen LogP contribution in [0.5, 0.6) is 0 Å². The second-order valence-corrected chi connectivity index (χ2v) is 14.2. The first-order chi connectivity index (χ1) is 14.6. The van der Waals surface area contributed by atoms with Crippen LogP contribution in [-0.4, -0.2) is 88.3 Å². The van der Waals surface area contributed by atoms with Crippen LogP contribution >= 0.6 is 0 Å². The Bertz CT molecular complexity index is 782. The first-order valence-electron chi connectivity index (χ1n) is 9.50. The van der Waals surface area contributed by atoms with Crippen LogP contribution < -0.4 is 0 Å². The molecule has 33 heavy (non-hydrogen) atoms. The average molecular weight is 557 g/mol. The fraction of sp³-hybridized carbons (Fsp3) is 1.00. The standard InChI is InChI=1S/C13H30NO3Si.C2F6NO4S2/c1-12(2)13-9-7-8-10-14(13,3)11-18(15-4,16-5)17-6;3-1(4,5)14(10,11)9-15(12,13)2(6,7)8/h12-13H,7-11H2,1-6H3;/q+1;-1. The Hall–Kier alpha value is -0.503. The van der Waals surface area contributed by atoms with E-state index in [1.165, 1.54) is 25.8 Å². The van der Waals surface area contributed by atoms with E-state index in [2.05, 4.69) is 20.9 Å². The number of rotatable bonds is 8. The van der Waals surface area contributed by atoms with Crippen LogP contribution in [0, 0.1) is 5.92 Å². The first-order valence-corrected chi connectivity index (χ1v) is 14.3. The highest BCUT2D eigenvalue weighted by molar-refractivity contribution is 8.13. The van der Waals surface area contributed by atoms with E-state index in [0.717, 1.165) is 14.8 Å². The van der Waals surface area contributed by atoms with Gasteiger partial charge < -0.3 is 21.9 Å². The normalized spacial score (nSPS) is 23.2. The Morgan fingerprint density at radius 2 is 1.30 bits per heavy atom. The number of alkyl halides is 6. The van der Waals surface area contributed by atoms with Crippen molar-refractivity contribution in [3.63, 3.8) is 0 Å². The fourth-order valence-electron chi connectivity index (χ4n) is 3.65. The Morgan fingerprint density at radius 3 is 1.61 bits per heavy atom. The average Bonchev–Trinajstić information content (AvgIpc) is 2.64. The summed E-state index contributed by atoms with van der Waals surface area (Å²) in [6.07, 6.45) is 4.81. The molecule has 1 aliphatic heterocycles. The van der Waals surface area contributed by atoms with E-state index in [0.29, 0.717) is 12.0 Å². The first kappa shape index (κ1) is 32.5. The van der Waals surface area contributed by atoms with E-state index < -0.39 is 39.9 Å². The Morgan fingerprint density at radius 1 is 0.909 bits per heavy atom. The fourth-order valence-corrected chi connectivity index (χ4v) is 7.53. The van der Waals surface area contributed by atoms with Gasteiger partial charge in [-0.2, -0.15) is 26.3 Å². The molecule has 0 N–H and O–H groups in total. The molecule has 1 fully saturated rings. The zero-order valence-electron chi connectivity index (χ0n) is 19.0. The van der Waals surface area contributed by atoms with Crippen molar-refractivity contribution in [2.24, 2.45) is 5.92 Å². The van der Waals surface area contributed by atoms with Crippen molar-refractivity contribution in [2.45, 2.75) is 50.2 Å². The minimum Gasteiger partial charge on any atom is -0.421 e. The van der Waals surface area contributed by atoms with E-state index >= 15 is 0 Å². The molecular formula is C15H30F6N2O7S2Si. The van der Waals surface area contributed by atoms with Crippen molar-refractivity contribution >= 4 is 28.9 Å². The summed E-state index contributed by atoms with van der Waals surface area (Å²) in [5.74, 6) is 0.688. The van der Waals surface area contributed by atoms with Gasteiger partial charge in [-0.3, -0.25) is 0 Å². The van der Waals surface area contributed by atoms with Crippen molar-refractivity contribution in [1.82, 2.24) is 0 Å². The maximum absolute atomic E-state index is 11.4. The largest absolute Gasteiger partial charge is 0.558 e. The summed E-state index contributed by atoms with van der Waals surface area (Å²) in [7, 11) is -8.48. The number of quaternary nitrogens is 1. The molecule has 0 aromatic heterocycles. The van der Waals surface area contributed by atoms with Gasteiger partial charge in [-0.1, -0.05) is 13.8 Å². The van der Waals surface area contributed by atoms with Gasteiger partial charge in [-0.15, -0.1) is 0 Å². The highest BCUT2D eigenvalue weighted by Gasteiger charge is 2.51. The van der Waals surface area contributed by atoms with Gasteiger partial charge >= 0.3 is 19.8 Å². The maximum Gasteiger partial charge on any atom is 0.558 e. The zero-order chi connectivity index (χ0) is 26.5. The molecular weight excluding hydrogens is 526 g/mol. The lowest BCUT2D eigenvalue weighted by molar-refractivity contribution is -0.934. The molecule has 1 heterocycles. The second kappa shape index (κ2) is 11.5. The van der Waals surface area contributed by atoms with Crippen LogP contribution in [0.3, 0.4) is 0 Å². The van der Waals surface area contributed by atoms with Gasteiger partial charge in [0.2, 0.25) is 0 Å². The number of halogens is 6. The summed E-state index contributed by atoms with van der Waals surface area (Å²) < 4.78 is 127. The van der Waals surface area contributed by atoms with Crippen LogP contribution in [0.1, 0.15) is 33.1 Å². The lowest BCUT2D eigenvalue weighted by atomic mass is 9.91. The summed E-state index contributed by atoms with van der Waals surface area (Å²) >= 11 is 0. The van der Waals surface area contributed by atoms with Gasteiger partial charge in [-0.25, -0.2) is 16.8 Å². The summed E-state index contributed by atoms with van der Waals surface area (Å²) in [5.41, 5.74) is -12.4. The molecule has 1 rings (SSSR count). The summed E-state index contributed by atoms with van der Waals surface area (Å²) in [5, 5.41) is 0. The Labute approximate surface area is 191 Å². The predicted octanol–water partition coefficient (Wildman–Crippen LogP) is 3.12. The predicted molar refractivity (Wildman–Crippen MR) is 108 cm³/mol. The van der Waals surface area contributed by atoms with Crippen LogP contribution in [0.2, 0.25) is 0 Å². The van der Waals surface area contributed by atoms with Crippen LogP contribution in [0.25, 0.3) is 4.13 Å². The van der Waals surface area contributed by atoms with Crippen molar-refractivity contribution in [1.29, 1.82) is 0 Å². The molecule has 0 spiro atoms. The van der Waals surface area contributed by atoms with Crippen molar-refractivity contribution in [3.8, 4) is 0 Å². The third kappa shape index (κ3) is 8.59. The molecule has 2 unspecified atom stereocenters. The molecule has 0 aliphatic carbocycles. The molecule has 9 nitrogen and oxygen atoms in total. The van der Waals surface area contributed by atoms with Gasteiger partial charge in [0.05, 0.1) is 19.6 Å². The molecule has 1 saturated heterocycles. The maximum atomic E-state index is 11.4. The number of likely N-dealkylation sites (tertiary alicyclic amines) is 1. The third-order valence-electron chi connectivity index (χ3n) is 5.26. The SMILES string of the molecule is CO[Si](C[N+]1(C)CCCCC1C(C)C)(OC)OC.O=S(=O)([N-]S(=O)(=O)C(F)(F)F)C(F)(F)F. The molecule has 0 saturated carbocycles. The zero-order valence-corrected chi connectivity index (χ0v) is 21.7. The van der Waals surface area contributed by atoms with E-state index in [1.54, 1.807) is 21.3 Å². The number of sulfonamides is 2. The molecule has 18 heteroatoms. The van der Waals surface area contributed by atoms with Crippen LogP contribution in [0.4, 0.5) is 26.3 Å². The minimum absolute atomic E-state index is 0.686. The molecule has 2 atom stereocenters. The molecule has 1 aliphatic rings. The highest BCUT2D eigenvalue weighted by Crippen LogP contribution is 2.36. The van der Waals surface area contributed by atoms with Gasteiger partial charge in [0.25, 0.3) is 0 Å². The lowest BCUT2D eigenvalue weighted by Gasteiger charge is -2.48. The molecule has 0 aromatic carbocycles. The topological polar surface area (TPSA) is 110 Å². The van der Waals surface area contributed by atoms with Crippen molar-refractivity contribution in [3.05, 3.63) is 4.13 Å². The van der Waals surface area contributed by atoms with E-state index in [4.69, 9.17) is 13.3 Å². The number of piperidine rings is 1. The number of hydrogen-bond donors (Lipinski definition) is 0. The van der Waals surface area contributed by atoms with Gasteiger partial charge in [0.1, 0.15) is 6.17 Å². The molecule has 200 valence electrons. The third-order valence-corrected chi connectivity index (χ3v) is 11.0. The van der Waals surface area contributed by atoms with Gasteiger partial charge in [0, 0.05) is 27.2 Å². The van der Waals surface area contributed by atoms with E-state index in [-0.39, 0.29) is 0 Å². The molecule has 0 aromatic rings. The van der Waals surface area contributed by atoms with Gasteiger partial charge in [0.15, 0.2) is 20.0 Å². The Kier molecular flexibility index (Phi) is 11.3. The second-order valence-electron chi connectivity index (χ2n) is 7.88. The lowest BCUT2D eigenvalue weighted by Crippen LogP contribution is -2.66. The number of nitrogens with zero attached hydrogens (tertiary/aromatic N) is 2. The molecule has 0 radical (unpaired) electrons.